The molecule has 2 aliphatic rings. The summed E-state index contributed by atoms with van der Waals surface area (Å²) in [5.41, 5.74) is 8.96. The fourth-order valence-corrected chi connectivity index (χ4v) is 5.32. The average Bonchev–Trinajstić information content (AvgIpc) is 3.27. The molecule has 2 aliphatic carbocycles. The SMILES string of the molecule is c1ccc(C2c3ccc4c5c(ccc(c35)C2c2ccccc2)CC4)cc1. The van der Waals surface area contributed by atoms with Gasteiger partial charge in [-0.15, -0.1) is 0 Å². The number of aryl methyl sites for hydroxylation is 2. The van der Waals surface area contributed by atoms with E-state index in [-0.39, 0.29) is 0 Å². The van der Waals surface area contributed by atoms with Crippen molar-refractivity contribution in [2.75, 3.05) is 0 Å². The van der Waals surface area contributed by atoms with Crippen LogP contribution >= 0.6 is 0 Å². The third-order valence-electron chi connectivity index (χ3n) is 6.38. The zero-order valence-electron chi connectivity index (χ0n) is 14.7. The van der Waals surface area contributed by atoms with Crippen molar-refractivity contribution in [3.8, 4) is 0 Å². The van der Waals surface area contributed by atoms with Crippen LogP contribution in [0.25, 0.3) is 10.8 Å². The van der Waals surface area contributed by atoms with Gasteiger partial charge in [0.1, 0.15) is 0 Å². The van der Waals surface area contributed by atoms with E-state index in [0.717, 1.165) is 0 Å². The summed E-state index contributed by atoms with van der Waals surface area (Å²) in [5.74, 6) is 0.803. The van der Waals surface area contributed by atoms with Gasteiger partial charge in [0.05, 0.1) is 0 Å². The van der Waals surface area contributed by atoms with Crippen molar-refractivity contribution in [1.82, 2.24) is 0 Å². The Morgan fingerprint density at radius 1 is 0.462 bits per heavy atom. The largest absolute Gasteiger partial charge is 0.0622 e. The zero-order chi connectivity index (χ0) is 17.1. The molecular formula is C26H20. The maximum atomic E-state index is 2.41. The van der Waals surface area contributed by atoms with Crippen LogP contribution in [0.3, 0.4) is 0 Å². The molecular weight excluding hydrogens is 312 g/mol. The van der Waals surface area contributed by atoms with Gasteiger partial charge in [0, 0.05) is 11.8 Å². The number of hydrogen-bond donors (Lipinski definition) is 0. The monoisotopic (exact) mass is 332 g/mol. The van der Waals surface area contributed by atoms with Gasteiger partial charge in [-0.1, -0.05) is 84.9 Å². The van der Waals surface area contributed by atoms with E-state index in [1.807, 2.05) is 0 Å². The van der Waals surface area contributed by atoms with E-state index >= 15 is 0 Å². The van der Waals surface area contributed by atoms with Gasteiger partial charge in [-0.3, -0.25) is 0 Å². The molecule has 4 aromatic rings. The van der Waals surface area contributed by atoms with Gasteiger partial charge in [0.25, 0.3) is 0 Å². The summed E-state index contributed by atoms with van der Waals surface area (Å²) in [6, 6.07) is 31.7. The lowest BCUT2D eigenvalue weighted by atomic mass is 9.80. The highest BCUT2D eigenvalue weighted by atomic mass is 14.4. The summed E-state index contributed by atoms with van der Waals surface area (Å²) in [6.45, 7) is 0. The van der Waals surface area contributed by atoms with Crippen LogP contribution in [0.15, 0.2) is 84.9 Å². The molecule has 0 saturated carbocycles. The quantitative estimate of drug-likeness (QED) is 0.409. The molecule has 0 radical (unpaired) electrons. The van der Waals surface area contributed by atoms with Crippen LogP contribution in [-0.4, -0.2) is 0 Å². The van der Waals surface area contributed by atoms with Crippen LogP contribution in [0.1, 0.15) is 45.2 Å². The third-order valence-corrected chi connectivity index (χ3v) is 6.38. The Balaban J connectivity index is 1.70. The van der Waals surface area contributed by atoms with Crippen molar-refractivity contribution in [3.05, 3.63) is 118 Å². The van der Waals surface area contributed by atoms with Gasteiger partial charge >= 0.3 is 0 Å². The van der Waals surface area contributed by atoms with Crippen LogP contribution < -0.4 is 0 Å². The van der Waals surface area contributed by atoms with Crippen LogP contribution in [-0.2, 0) is 12.8 Å². The lowest BCUT2D eigenvalue weighted by Gasteiger charge is -2.23. The summed E-state index contributed by atoms with van der Waals surface area (Å²) in [6.07, 6.45) is 2.39. The summed E-state index contributed by atoms with van der Waals surface area (Å²) in [4.78, 5) is 0. The Hall–Kier alpha value is -2.86. The first-order valence-electron chi connectivity index (χ1n) is 9.59. The molecule has 124 valence electrons. The molecule has 0 N–H and O–H groups in total. The van der Waals surface area contributed by atoms with Gasteiger partial charge in [-0.2, -0.15) is 0 Å². The molecule has 0 bridgehead atoms. The fourth-order valence-electron chi connectivity index (χ4n) is 5.32. The lowest BCUT2D eigenvalue weighted by Crippen LogP contribution is -2.08. The first-order valence-corrected chi connectivity index (χ1v) is 9.59. The predicted octanol–water partition coefficient (Wildman–Crippen LogP) is 6.22. The van der Waals surface area contributed by atoms with Gasteiger partial charge in [0.15, 0.2) is 0 Å². The van der Waals surface area contributed by atoms with Gasteiger partial charge < -0.3 is 0 Å². The Labute approximate surface area is 154 Å². The molecule has 0 heterocycles. The number of rotatable bonds is 2. The highest BCUT2D eigenvalue weighted by molar-refractivity contribution is 5.99. The normalized spacial score (nSPS) is 20.0. The van der Waals surface area contributed by atoms with E-state index in [4.69, 9.17) is 0 Å². The molecule has 2 unspecified atom stereocenters. The second-order valence-corrected chi connectivity index (χ2v) is 7.65. The second-order valence-electron chi connectivity index (χ2n) is 7.65. The maximum Gasteiger partial charge on any atom is 0.0205 e. The van der Waals surface area contributed by atoms with E-state index in [1.54, 1.807) is 21.9 Å². The standard InChI is InChI=1S/C26H20/c1-3-7-17(8-4-1)24-21-15-13-19-11-12-20-14-16-22(26(21)23(19)20)25(24)18-9-5-2-6-10-18/h1-10,13-16,24-25H,11-12H2. The molecule has 0 nitrogen and oxygen atoms in total. The summed E-state index contributed by atoms with van der Waals surface area (Å²) >= 11 is 0. The first kappa shape index (κ1) is 14.3. The summed E-state index contributed by atoms with van der Waals surface area (Å²) in [5, 5.41) is 3.10. The minimum atomic E-state index is 0.401. The van der Waals surface area contributed by atoms with Gasteiger partial charge in [-0.25, -0.2) is 0 Å². The zero-order valence-corrected chi connectivity index (χ0v) is 14.7. The minimum Gasteiger partial charge on any atom is -0.0622 e. The van der Waals surface area contributed by atoms with Gasteiger partial charge in [0.2, 0.25) is 0 Å². The molecule has 0 aliphatic heterocycles. The molecule has 0 saturated heterocycles. The van der Waals surface area contributed by atoms with E-state index in [1.165, 1.54) is 35.1 Å². The Kier molecular flexibility index (Phi) is 2.93. The minimum absolute atomic E-state index is 0.401. The van der Waals surface area contributed by atoms with Crippen molar-refractivity contribution in [2.24, 2.45) is 0 Å². The summed E-state index contributed by atoms with van der Waals surface area (Å²) < 4.78 is 0. The molecule has 0 spiro atoms. The molecule has 26 heavy (non-hydrogen) atoms. The predicted molar refractivity (Wildman–Crippen MR) is 108 cm³/mol. The molecule has 4 aromatic carbocycles. The number of benzene rings is 4. The number of hydrogen-bond acceptors (Lipinski definition) is 0. The van der Waals surface area contributed by atoms with Gasteiger partial charge in [-0.05, 0) is 57.0 Å². The second kappa shape index (κ2) is 5.32. The highest BCUT2D eigenvalue weighted by Gasteiger charge is 2.37. The highest BCUT2D eigenvalue weighted by Crippen LogP contribution is 2.54. The van der Waals surface area contributed by atoms with Crippen molar-refractivity contribution < 1.29 is 0 Å². The van der Waals surface area contributed by atoms with Crippen molar-refractivity contribution >= 4 is 10.8 Å². The molecule has 2 atom stereocenters. The van der Waals surface area contributed by atoms with E-state index < -0.39 is 0 Å². The third kappa shape index (κ3) is 1.85. The molecule has 0 aromatic heterocycles. The molecule has 0 heteroatoms. The van der Waals surface area contributed by atoms with E-state index in [0.29, 0.717) is 11.8 Å². The lowest BCUT2D eigenvalue weighted by molar-refractivity contribution is 0.728. The van der Waals surface area contributed by atoms with Crippen molar-refractivity contribution in [1.29, 1.82) is 0 Å². The van der Waals surface area contributed by atoms with Crippen LogP contribution in [0.4, 0.5) is 0 Å². The summed E-state index contributed by atoms with van der Waals surface area (Å²) in [7, 11) is 0. The van der Waals surface area contributed by atoms with Crippen molar-refractivity contribution in [2.45, 2.75) is 24.7 Å². The Morgan fingerprint density at radius 3 is 1.38 bits per heavy atom. The average molecular weight is 332 g/mol. The smallest absolute Gasteiger partial charge is 0.0205 e. The Morgan fingerprint density at radius 2 is 0.923 bits per heavy atom. The van der Waals surface area contributed by atoms with Crippen LogP contribution in [0, 0.1) is 0 Å². The van der Waals surface area contributed by atoms with E-state index in [9.17, 15) is 0 Å². The molecule has 0 fully saturated rings. The first-order chi connectivity index (χ1) is 12.9. The molecule has 6 rings (SSSR count). The topological polar surface area (TPSA) is 0 Å². The Bertz CT molecular complexity index is 1030. The van der Waals surface area contributed by atoms with E-state index in [2.05, 4.69) is 84.9 Å². The maximum absolute atomic E-state index is 2.41. The van der Waals surface area contributed by atoms with Crippen molar-refractivity contribution in [3.63, 3.8) is 0 Å². The van der Waals surface area contributed by atoms with Crippen LogP contribution in [0.2, 0.25) is 0 Å². The molecule has 0 amide bonds. The van der Waals surface area contributed by atoms with Crippen LogP contribution in [0.5, 0.6) is 0 Å². The fraction of sp³-hybridized carbons (Fsp3) is 0.154.